The number of hydrogen-bond donors (Lipinski definition) is 2. The molecule has 0 radical (unpaired) electrons. The van der Waals surface area contributed by atoms with Gasteiger partial charge < -0.3 is 15.5 Å². The third-order valence-corrected chi connectivity index (χ3v) is 6.55. The molecule has 2 aromatic rings. The van der Waals surface area contributed by atoms with Crippen molar-refractivity contribution in [3.05, 3.63) is 65.0 Å². The lowest BCUT2D eigenvalue weighted by molar-refractivity contribution is -0.135. The number of aryl methyl sites for hydroxylation is 2. The number of nitrogens with zero attached hydrogens (tertiary/aromatic N) is 1. The lowest BCUT2D eigenvalue weighted by Gasteiger charge is -2.48. The van der Waals surface area contributed by atoms with E-state index in [9.17, 15) is 18.8 Å². The van der Waals surface area contributed by atoms with Gasteiger partial charge in [0, 0.05) is 17.3 Å². The largest absolute Gasteiger partial charge is 0.349 e. The Morgan fingerprint density at radius 1 is 1.06 bits per heavy atom. The summed E-state index contributed by atoms with van der Waals surface area (Å²) in [5.74, 6) is -1.43. The van der Waals surface area contributed by atoms with Crippen LogP contribution in [0.3, 0.4) is 0 Å². The molecule has 1 saturated carbocycles. The summed E-state index contributed by atoms with van der Waals surface area (Å²) in [6, 6.07) is 9.72. The zero-order chi connectivity index (χ0) is 22.8. The van der Waals surface area contributed by atoms with Crippen molar-refractivity contribution in [1.82, 2.24) is 10.2 Å². The van der Waals surface area contributed by atoms with E-state index in [1.165, 1.54) is 24.3 Å². The van der Waals surface area contributed by atoms with Crippen LogP contribution in [0.5, 0.6) is 0 Å². The summed E-state index contributed by atoms with van der Waals surface area (Å²) < 4.78 is 13.4. The maximum atomic E-state index is 13.4. The summed E-state index contributed by atoms with van der Waals surface area (Å²) in [6.07, 6.45) is 3.34. The molecule has 2 aromatic carbocycles. The number of halogens is 1. The number of amides is 3. The van der Waals surface area contributed by atoms with Crippen molar-refractivity contribution in [2.45, 2.75) is 64.1 Å². The number of rotatable bonds is 4. The molecule has 2 N–H and O–H groups in total. The molecule has 6 nitrogen and oxygen atoms in total. The third kappa shape index (κ3) is 4.52. The van der Waals surface area contributed by atoms with Gasteiger partial charge in [-0.1, -0.05) is 18.9 Å². The molecule has 2 aliphatic rings. The van der Waals surface area contributed by atoms with Gasteiger partial charge >= 0.3 is 0 Å². The fourth-order valence-corrected chi connectivity index (χ4v) is 4.68. The molecule has 0 spiro atoms. The van der Waals surface area contributed by atoms with Crippen LogP contribution in [0.25, 0.3) is 0 Å². The van der Waals surface area contributed by atoms with Crippen LogP contribution in [0.1, 0.15) is 53.6 Å². The van der Waals surface area contributed by atoms with Crippen molar-refractivity contribution in [2.75, 3.05) is 5.32 Å². The molecule has 3 amide bonds. The fraction of sp³-hybridized carbons (Fsp3) is 0.400. The van der Waals surface area contributed by atoms with Gasteiger partial charge in [0.05, 0.1) is 12.5 Å². The second kappa shape index (κ2) is 9.10. The third-order valence-electron chi connectivity index (χ3n) is 6.55. The normalized spacial score (nSPS) is 22.7. The summed E-state index contributed by atoms with van der Waals surface area (Å²) in [7, 11) is 0. The summed E-state index contributed by atoms with van der Waals surface area (Å²) in [5.41, 5.74) is 3.14. The predicted octanol–water partition coefficient (Wildman–Crippen LogP) is 3.72. The van der Waals surface area contributed by atoms with Crippen molar-refractivity contribution < 1.29 is 18.8 Å². The lowest BCUT2D eigenvalue weighted by atomic mass is 9.84. The molecule has 0 aromatic heterocycles. The zero-order valence-corrected chi connectivity index (χ0v) is 18.4. The first-order valence-corrected chi connectivity index (χ1v) is 11.1. The van der Waals surface area contributed by atoms with Gasteiger partial charge in [0.1, 0.15) is 11.9 Å². The lowest BCUT2D eigenvalue weighted by Crippen LogP contribution is -2.68. The van der Waals surface area contributed by atoms with Gasteiger partial charge in [0.2, 0.25) is 11.8 Å². The number of carbonyl (C=O) groups excluding carboxylic acids is 3. The highest BCUT2D eigenvalue weighted by Gasteiger charge is 2.46. The first kappa shape index (κ1) is 22.0. The smallest absolute Gasteiger partial charge is 0.254 e. The monoisotopic (exact) mass is 437 g/mol. The molecule has 1 aliphatic heterocycles. The molecule has 0 unspecified atom stereocenters. The van der Waals surface area contributed by atoms with E-state index in [-0.39, 0.29) is 36.2 Å². The Morgan fingerprint density at radius 3 is 2.50 bits per heavy atom. The van der Waals surface area contributed by atoms with E-state index in [0.29, 0.717) is 11.3 Å². The van der Waals surface area contributed by atoms with E-state index in [1.54, 1.807) is 4.90 Å². The van der Waals surface area contributed by atoms with Crippen molar-refractivity contribution in [3.63, 3.8) is 0 Å². The minimum atomic E-state index is -0.918. The molecule has 1 aliphatic carbocycles. The van der Waals surface area contributed by atoms with Gasteiger partial charge in [-0.05, 0) is 74.2 Å². The molecular formula is C25H28FN3O3. The standard InChI is InChI=1S/C25H28FN3O3/c1-15-7-12-19(13-16(15)2)27-23(30)14-22-24(31)28-20-5-3-4-6-21(20)29(22)25(32)17-8-10-18(26)11-9-17/h7-13,20-22H,3-6,14H2,1-2H3,(H,27,30)(H,28,31)/t20-,21+,22-/m1/s1. The van der Waals surface area contributed by atoms with Crippen LogP contribution in [0.15, 0.2) is 42.5 Å². The van der Waals surface area contributed by atoms with E-state index in [2.05, 4.69) is 10.6 Å². The van der Waals surface area contributed by atoms with Gasteiger partial charge in [-0.15, -0.1) is 0 Å². The van der Waals surface area contributed by atoms with Crippen molar-refractivity contribution in [3.8, 4) is 0 Å². The van der Waals surface area contributed by atoms with Gasteiger partial charge in [0.15, 0.2) is 0 Å². The summed E-state index contributed by atoms with van der Waals surface area (Å²) in [5, 5.41) is 5.88. The Morgan fingerprint density at radius 2 is 1.78 bits per heavy atom. The van der Waals surface area contributed by atoms with Crippen LogP contribution in [0.2, 0.25) is 0 Å². The molecule has 2 fully saturated rings. The second-order valence-electron chi connectivity index (χ2n) is 8.75. The van der Waals surface area contributed by atoms with Crippen LogP contribution >= 0.6 is 0 Å². The predicted molar refractivity (Wildman–Crippen MR) is 120 cm³/mol. The van der Waals surface area contributed by atoms with Crippen LogP contribution in [0, 0.1) is 19.7 Å². The molecule has 3 atom stereocenters. The van der Waals surface area contributed by atoms with Gasteiger partial charge in [-0.3, -0.25) is 14.4 Å². The number of piperazine rings is 1. The van der Waals surface area contributed by atoms with Crippen LogP contribution in [-0.4, -0.2) is 40.7 Å². The van der Waals surface area contributed by atoms with Crippen molar-refractivity contribution in [2.24, 2.45) is 0 Å². The Balaban J connectivity index is 1.58. The topological polar surface area (TPSA) is 78.5 Å². The fourth-order valence-electron chi connectivity index (χ4n) is 4.68. The maximum absolute atomic E-state index is 13.4. The molecule has 0 bridgehead atoms. The average Bonchev–Trinajstić information content (AvgIpc) is 2.77. The van der Waals surface area contributed by atoms with Crippen LogP contribution < -0.4 is 10.6 Å². The number of hydrogen-bond acceptors (Lipinski definition) is 3. The average molecular weight is 438 g/mol. The Labute approximate surface area is 187 Å². The number of anilines is 1. The minimum absolute atomic E-state index is 0.125. The molecule has 7 heteroatoms. The number of nitrogens with one attached hydrogen (secondary N) is 2. The Hall–Kier alpha value is -3.22. The van der Waals surface area contributed by atoms with Crippen molar-refractivity contribution >= 4 is 23.4 Å². The minimum Gasteiger partial charge on any atom is -0.349 e. The molecular weight excluding hydrogens is 409 g/mol. The molecule has 1 saturated heterocycles. The Bertz CT molecular complexity index is 1040. The highest BCUT2D eigenvalue weighted by molar-refractivity contribution is 6.01. The molecule has 4 rings (SSSR count). The van der Waals surface area contributed by atoms with Crippen molar-refractivity contribution in [1.29, 1.82) is 0 Å². The number of fused-ring (bicyclic) bond motifs is 1. The van der Waals surface area contributed by atoms with Crippen LogP contribution in [-0.2, 0) is 9.59 Å². The zero-order valence-electron chi connectivity index (χ0n) is 18.4. The first-order chi connectivity index (χ1) is 15.3. The van der Waals surface area contributed by atoms with Gasteiger partial charge in [-0.25, -0.2) is 4.39 Å². The van der Waals surface area contributed by atoms with E-state index in [4.69, 9.17) is 0 Å². The Kier molecular flexibility index (Phi) is 6.26. The number of carbonyl (C=O) groups is 3. The van der Waals surface area contributed by atoms with Crippen LogP contribution in [0.4, 0.5) is 10.1 Å². The van der Waals surface area contributed by atoms with E-state index in [0.717, 1.165) is 36.8 Å². The number of benzene rings is 2. The van der Waals surface area contributed by atoms with E-state index >= 15 is 0 Å². The van der Waals surface area contributed by atoms with Gasteiger partial charge in [-0.2, -0.15) is 0 Å². The van der Waals surface area contributed by atoms with E-state index in [1.807, 2.05) is 32.0 Å². The SMILES string of the molecule is Cc1ccc(NC(=O)C[C@@H]2C(=O)N[C@@H]3CCCC[C@@H]3N2C(=O)c2ccc(F)cc2)cc1C. The summed E-state index contributed by atoms with van der Waals surface area (Å²) in [4.78, 5) is 40.8. The highest BCUT2D eigenvalue weighted by atomic mass is 19.1. The molecule has 1 heterocycles. The van der Waals surface area contributed by atoms with E-state index < -0.39 is 11.9 Å². The first-order valence-electron chi connectivity index (χ1n) is 11.1. The summed E-state index contributed by atoms with van der Waals surface area (Å²) in [6.45, 7) is 3.96. The second-order valence-corrected chi connectivity index (χ2v) is 8.75. The molecule has 168 valence electrons. The summed E-state index contributed by atoms with van der Waals surface area (Å²) >= 11 is 0. The highest BCUT2D eigenvalue weighted by Crippen LogP contribution is 2.31. The quantitative estimate of drug-likeness (QED) is 0.765. The van der Waals surface area contributed by atoms with Gasteiger partial charge in [0.25, 0.3) is 5.91 Å². The molecule has 32 heavy (non-hydrogen) atoms. The maximum Gasteiger partial charge on any atom is 0.254 e.